The van der Waals surface area contributed by atoms with Crippen LogP contribution < -0.4 is 16.8 Å². The fourth-order valence-corrected chi connectivity index (χ4v) is 1.15. The van der Waals surface area contributed by atoms with E-state index in [1.54, 1.807) is 19.2 Å². The Labute approximate surface area is 82.6 Å². The van der Waals surface area contributed by atoms with E-state index in [-0.39, 0.29) is 5.82 Å². The molecule has 0 aromatic heterocycles. The van der Waals surface area contributed by atoms with Crippen molar-refractivity contribution in [1.29, 1.82) is 0 Å². The number of halogens is 1. The van der Waals surface area contributed by atoms with Gasteiger partial charge in [0.1, 0.15) is 5.82 Å². The maximum Gasteiger partial charge on any atom is 0.123 e. The lowest BCUT2D eigenvalue weighted by Gasteiger charge is -2.09. The van der Waals surface area contributed by atoms with Crippen molar-refractivity contribution in [1.82, 2.24) is 5.32 Å². The Hall–Kier alpha value is -1.55. The molecule has 0 amide bonds. The van der Waals surface area contributed by atoms with Crippen LogP contribution in [0, 0.1) is 5.82 Å². The van der Waals surface area contributed by atoms with E-state index >= 15 is 0 Å². The number of rotatable bonds is 3. The van der Waals surface area contributed by atoms with Crippen LogP contribution in [0.3, 0.4) is 0 Å². The minimum atomic E-state index is -0.277. The second-order valence-electron chi connectivity index (χ2n) is 2.85. The summed E-state index contributed by atoms with van der Waals surface area (Å²) in [6.45, 7) is 0.333. The first-order valence-corrected chi connectivity index (χ1v) is 4.31. The first-order chi connectivity index (χ1) is 6.69. The zero-order chi connectivity index (χ0) is 10.6. The highest BCUT2D eigenvalue weighted by Gasteiger charge is 2.02. The van der Waals surface area contributed by atoms with Crippen LogP contribution in [0.5, 0.6) is 0 Å². The van der Waals surface area contributed by atoms with Crippen LogP contribution in [0.1, 0.15) is 5.56 Å². The van der Waals surface area contributed by atoms with Gasteiger partial charge in [-0.25, -0.2) is 4.39 Å². The van der Waals surface area contributed by atoms with Crippen molar-refractivity contribution >= 4 is 5.70 Å². The highest BCUT2D eigenvalue weighted by atomic mass is 19.1. The van der Waals surface area contributed by atoms with Crippen LogP contribution in [0.15, 0.2) is 30.0 Å². The van der Waals surface area contributed by atoms with Crippen molar-refractivity contribution < 1.29 is 4.39 Å². The van der Waals surface area contributed by atoms with Crippen molar-refractivity contribution in [2.24, 2.45) is 11.5 Å². The largest absolute Gasteiger partial charge is 0.397 e. The molecule has 0 fully saturated rings. The molecule has 0 aliphatic carbocycles. The maximum absolute atomic E-state index is 12.6. The zero-order valence-electron chi connectivity index (χ0n) is 8.05. The van der Waals surface area contributed by atoms with Gasteiger partial charge in [0.25, 0.3) is 0 Å². The molecule has 3 nitrogen and oxygen atoms in total. The van der Waals surface area contributed by atoms with Crippen molar-refractivity contribution in [2.45, 2.75) is 0 Å². The number of hydrogen-bond donors (Lipinski definition) is 3. The average molecular weight is 195 g/mol. The van der Waals surface area contributed by atoms with E-state index in [0.717, 1.165) is 11.3 Å². The molecule has 0 spiro atoms. The SMILES string of the molecule is CN/C(CN)=C(\N)c1ccc(F)cc1. The van der Waals surface area contributed by atoms with Gasteiger partial charge < -0.3 is 16.8 Å². The van der Waals surface area contributed by atoms with Crippen LogP contribution >= 0.6 is 0 Å². The quantitative estimate of drug-likeness (QED) is 0.663. The predicted molar refractivity (Wildman–Crippen MR) is 55.6 cm³/mol. The van der Waals surface area contributed by atoms with Crippen LogP contribution in [-0.2, 0) is 0 Å². The Bertz CT molecular complexity index is 324. The van der Waals surface area contributed by atoms with Gasteiger partial charge in [0.05, 0.1) is 5.70 Å². The molecule has 0 saturated heterocycles. The highest BCUT2D eigenvalue weighted by molar-refractivity contribution is 5.65. The van der Waals surface area contributed by atoms with E-state index in [9.17, 15) is 4.39 Å². The Morgan fingerprint density at radius 1 is 1.36 bits per heavy atom. The number of nitrogens with two attached hydrogens (primary N) is 2. The minimum absolute atomic E-state index is 0.277. The summed E-state index contributed by atoms with van der Waals surface area (Å²) in [5.41, 5.74) is 13.4. The van der Waals surface area contributed by atoms with Gasteiger partial charge in [0.2, 0.25) is 0 Å². The summed E-state index contributed by atoms with van der Waals surface area (Å²) in [6, 6.07) is 5.98. The molecule has 0 bridgehead atoms. The Kier molecular flexibility index (Phi) is 3.48. The molecule has 76 valence electrons. The van der Waals surface area contributed by atoms with Crippen LogP contribution in [0.2, 0.25) is 0 Å². The van der Waals surface area contributed by atoms with Gasteiger partial charge in [-0.2, -0.15) is 0 Å². The third-order valence-electron chi connectivity index (χ3n) is 1.99. The summed E-state index contributed by atoms with van der Waals surface area (Å²) in [7, 11) is 1.75. The first-order valence-electron chi connectivity index (χ1n) is 4.31. The van der Waals surface area contributed by atoms with Gasteiger partial charge in [-0.15, -0.1) is 0 Å². The molecule has 0 aliphatic heterocycles. The summed E-state index contributed by atoms with van der Waals surface area (Å²) >= 11 is 0. The molecule has 1 rings (SSSR count). The molecule has 0 radical (unpaired) electrons. The standard InChI is InChI=1S/C10H14FN3/c1-14-9(6-12)10(13)7-2-4-8(11)5-3-7/h2-5,14H,6,12-13H2,1H3/b10-9-. The van der Waals surface area contributed by atoms with E-state index in [0.29, 0.717) is 12.2 Å². The molecule has 4 heteroatoms. The molecule has 1 aromatic rings. The summed E-state index contributed by atoms with van der Waals surface area (Å²) in [5, 5.41) is 2.90. The van der Waals surface area contributed by atoms with E-state index in [1.807, 2.05) is 0 Å². The molecule has 1 aromatic carbocycles. The third kappa shape index (κ3) is 2.23. The third-order valence-corrected chi connectivity index (χ3v) is 1.99. The lowest BCUT2D eigenvalue weighted by molar-refractivity contribution is 0.627. The van der Waals surface area contributed by atoms with E-state index < -0.39 is 0 Å². The maximum atomic E-state index is 12.6. The Morgan fingerprint density at radius 2 is 1.93 bits per heavy atom. The molecule has 0 saturated carbocycles. The summed E-state index contributed by atoms with van der Waals surface area (Å²) in [5.74, 6) is -0.277. The van der Waals surface area contributed by atoms with Crippen molar-refractivity contribution in [2.75, 3.05) is 13.6 Å². The van der Waals surface area contributed by atoms with Crippen LogP contribution in [0.4, 0.5) is 4.39 Å². The lowest BCUT2D eigenvalue weighted by Crippen LogP contribution is -2.20. The molecule has 0 unspecified atom stereocenters. The van der Waals surface area contributed by atoms with E-state index in [2.05, 4.69) is 5.32 Å². The molecule has 5 N–H and O–H groups in total. The molecular weight excluding hydrogens is 181 g/mol. The number of nitrogens with one attached hydrogen (secondary N) is 1. The lowest BCUT2D eigenvalue weighted by atomic mass is 10.1. The summed E-state index contributed by atoms with van der Waals surface area (Å²) in [6.07, 6.45) is 0. The monoisotopic (exact) mass is 195 g/mol. The first kappa shape index (κ1) is 10.5. The van der Waals surface area contributed by atoms with Gasteiger partial charge in [-0.1, -0.05) is 0 Å². The number of hydrogen-bond acceptors (Lipinski definition) is 3. The van der Waals surface area contributed by atoms with Crippen molar-refractivity contribution in [3.63, 3.8) is 0 Å². The topological polar surface area (TPSA) is 64.1 Å². The molecule has 0 atom stereocenters. The van der Waals surface area contributed by atoms with Gasteiger partial charge in [0, 0.05) is 19.3 Å². The van der Waals surface area contributed by atoms with Gasteiger partial charge in [-0.05, 0) is 29.8 Å². The number of likely N-dealkylation sites (N-methyl/N-ethyl adjacent to an activating group) is 1. The molecule has 0 heterocycles. The molecule has 0 aliphatic rings. The highest BCUT2D eigenvalue weighted by Crippen LogP contribution is 2.11. The smallest absolute Gasteiger partial charge is 0.123 e. The van der Waals surface area contributed by atoms with E-state index in [1.165, 1.54) is 12.1 Å². The normalized spacial score (nSPS) is 12.2. The summed E-state index contributed by atoms with van der Waals surface area (Å²) in [4.78, 5) is 0. The second kappa shape index (κ2) is 4.62. The second-order valence-corrected chi connectivity index (χ2v) is 2.85. The van der Waals surface area contributed by atoms with Gasteiger partial charge in [-0.3, -0.25) is 0 Å². The number of benzene rings is 1. The van der Waals surface area contributed by atoms with Gasteiger partial charge in [0.15, 0.2) is 0 Å². The molecule has 14 heavy (non-hydrogen) atoms. The Morgan fingerprint density at radius 3 is 2.36 bits per heavy atom. The summed E-state index contributed by atoms with van der Waals surface area (Å²) < 4.78 is 12.6. The fourth-order valence-electron chi connectivity index (χ4n) is 1.15. The van der Waals surface area contributed by atoms with E-state index in [4.69, 9.17) is 11.5 Å². The fraction of sp³-hybridized carbons (Fsp3) is 0.200. The minimum Gasteiger partial charge on any atom is -0.397 e. The van der Waals surface area contributed by atoms with Crippen molar-refractivity contribution in [3.8, 4) is 0 Å². The van der Waals surface area contributed by atoms with Crippen molar-refractivity contribution in [3.05, 3.63) is 41.3 Å². The molecular formula is C10H14FN3. The zero-order valence-corrected chi connectivity index (χ0v) is 8.05. The van der Waals surface area contributed by atoms with Gasteiger partial charge >= 0.3 is 0 Å². The Balaban J connectivity index is 3.04. The predicted octanol–water partition coefficient (Wildman–Crippen LogP) is 0.631. The van der Waals surface area contributed by atoms with Crippen LogP contribution in [-0.4, -0.2) is 13.6 Å². The van der Waals surface area contributed by atoms with Crippen LogP contribution in [0.25, 0.3) is 5.70 Å². The average Bonchev–Trinajstić information content (AvgIpc) is 2.20.